The lowest BCUT2D eigenvalue weighted by atomic mass is 10.0. The smallest absolute Gasteiger partial charge is 0.352 e. The number of carbonyl (C=O) groups is 3. The lowest BCUT2D eigenvalue weighted by Crippen LogP contribution is -2.71. The molecule has 2 aromatic rings. The number of aliphatic carboxylic acids is 1. The molecule has 4 N–H and O–H groups in total. The van der Waals surface area contributed by atoms with Crippen molar-refractivity contribution < 1.29 is 28.9 Å². The van der Waals surface area contributed by atoms with Gasteiger partial charge in [-0.3, -0.25) is 14.5 Å². The van der Waals surface area contributed by atoms with Crippen LogP contribution < -0.4 is 15.6 Å². The van der Waals surface area contributed by atoms with Gasteiger partial charge in [-0.05, 0) is 41.8 Å². The molecule has 2 aromatic heterocycles. The van der Waals surface area contributed by atoms with Gasteiger partial charge in [0.15, 0.2) is 11.3 Å². The minimum Gasteiger partial charge on any atom is -0.477 e. The van der Waals surface area contributed by atoms with E-state index in [1.165, 1.54) is 28.4 Å². The number of carboxylic acid groups (broad SMARTS) is 1. The largest absolute Gasteiger partial charge is 0.477 e. The minimum absolute atomic E-state index is 0.0220. The number of carboxylic acids is 1. The van der Waals surface area contributed by atoms with Gasteiger partial charge in [-0.2, -0.15) is 13.9 Å². The molecule has 188 valence electrons. The number of thioether (sulfide) groups is 2. The first-order valence-electron chi connectivity index (χ1n) is 10.6. The maximum Gasteiger partial charge on any atom is 0.352 e. The average Bonchev–Trinajstić information content (AvgIpc) is 3.29. The monoisotopic (exact) mass is 548 g/mol. The van der Waals surface area contributed by atoms with Crippen LogP contribution >= 0.6 is 35.1 Å². The predicted octanol–water partition coefficient (Wildman–Crippen LogP) is 0.730. The van der Waals surface area contributed by atoms with Crippen molar-refractivity contribution in [2.24, 2.45) is 12.2 Å². The Morgan fingerprint density at radius 3 is 2.94 bits per heavy atom. The molecule has 2 aliphatic heterocycles. The number of nitrogen functional groups attached to an aromatic ring is 1. The Morgan fingerprint density at radius 2 is 2.28 bits per heavy atom. The highest BCUT2D eigenvalue weighted by atomic mass is 32.2. The lowest BCUT2D eigenvalue weighted by molar-refractivity contribution is -0.708. The highest BCUT2D eigenvalue weighted by Gasteiger charge is 2.54. The molecule has 2 amide bonds. The SMILES string of the molecule is CCON=C(C(=O)NC1C(=O)N2C(C(=O)O)=C(C=CSc3cccc[n+]3C)CS[C@H]12)c1nsc(N)n1. The second-order valence-electron chi connectivity index (χ2n) is 7.42. The topological polar surface area (TPSA) is 164 Å². The number of fused-ring (bicyclic) bond motifs is 1. The van der Waals surface area contributed by atoms with Gasteiger partial charge in [-0.25, -0.2) is 4.79 Å². The molecule has 0 spiro atoms. The summed E-state index contributed by atoms with van der Waals surface area (Å²) in [6.07, 6.45) is 3.62. The summed E-state index contributed by atoms with van der Waals surface area (Å²) < 4.78 is 5.92. The molecule has 36 heavy (non-hydrogen) atoms. The van der Waals surface area contributed by atoms with Crippen molar-refractivity contribution in [3.8, 4) is 0 Å². The lowest BCUT2D eigenvalue weighted by Gasteiger charge is -2.49. The summed E-state index contributed by atoms with van der Waals surface area (Å²) >= 11 is 3.68. The summed E-state index contributed by atoms with van der Waals surface area (Å²) in [5, 5.41) is 18.6. The third-order valence-electron chi connectivity index (χ3n) is 5.11. The van der Waals surface area contributed by atoms with Gasteiger partial charge in [-0.15, -0.1) is 11.8 Å². The van der Waals surface area contributed by atoms with Crippen molar-refractivity contribution in [3.63, 3.8) is 0 Å². The number of hydrogen-bond donors (Lipinski definition) is 3. The molecular weight excluding hydrogens is 526 g/mol. The first-order valence-corrected chi connectivity index (χ1v) is 13.3. The van der Waals surface area contributed by atoms with Crippen LogP contribution in [0.5, 0.6) is 0 Å². The Hall–Kier alpha value is -3.43. The second kappa shape index (κ2) is 11.1. The Balaban J connectivity index is 1.50. The molecule has 15 heteroatoms. The van der Waals surface area contributed by atoms with Gasteiger partial charge < -0.3 is 21.0 Å². The third-order valence-corrected chi connectivity index (χ3v) is 7.89. The van der Waals surface area contributed by atoms with Crippen LogP contribution in [0.1, 0.15) is 12.7 Å². The summed E-state index contributed by atoms with van der Waals surface area (Å²) in [4.78, 5) is 48.1. The fourth-order valence-corrected chi connectivity index (χ4v) is 5.95. The molecule has 0 saturated carbocycles. The van der Waals surface area contributed by atoms with Crippen LogP contribution in [0.2, 0.25) is 0 Å². The zero-order valence-electron chi connectivity index (χ0n) is 19.2. The van der Waals surface area contributed by atoms with E-state index in [0.29, 0.717) is 11.3 Å². The predicted molar refractivity (Wildman–Crippen MR) is 135 cm³/mol. The van der Waals surface area contributed by atoms with Crippen LogP contribution in [0.3, 0.4) is 0 Å². The van der Waals surface area contributed by atoms with E-state index >= 15 is 0 Å². The maximum atomic E-state index is 13.0. The van der Waals surface area contributed by atoms with E-state index in [2.05, 4.69) is 19.8 Å². The summed E-state index contributed by atoms with van der Waals surface area (Å²) in [5.74, 6) is -2.14. The molecule has 2 atom stereocenters. The number of nitrogens with one attached hydrogen (secondary N) is 1. The molecule has 0 radical (unpaired) electrons. The van der Waals surface area contributed by atoms with E-state index in [4.69, 9.17) is 10.6 Å². The molecule has 1 saturated heterocycles. The molecule has 4 heterocycles. The molecular formula is C21H22N7O5S3+. The van der Waals surface area contributed by atoms with Gasteiger partial charge in [-0.1, -0.05) is 5.16 Å². The number of carbonyl (C=O) groups excluding carboxylic acids is 2. The molecule has 0 aliphatic carbocycles. The number of amides is 2. The molecule has 4 rings (SSSR count). The minimum atomic E-state index is -1.21. The number of hydrogen-bond acceptors (Lipinski definition) is 11. The van der Waals surface area contributed by atoms with E-state index in [1.54, 1.807) is 18.4 Å². The number of rotatable bonds is 9. The second-order valence-corrected chi connectivity index (χ2v) is 10.2. The number of nitrogens with two attached hydrogens (primary N) is 1. The summed E-state index contributed by atoms with van der Waals surface area (Å²) in [6.45, 7) is 1.90. The normalized spacial score (nSPS) is 19.8. The number of β-lactam (4-membered cyclic amide) rings is 1. The molecule has 1 unspecified atom stereocenters. The fraction of sp³-hybridized carbons (Fsp3) is 0.286. The molecule has 0 aromatic carbocycles. The van der Waals surface area contributed by atoms with E-state index < -0.39 is 29.2 Å². The number of nitrogens with zero attached hydrogens (tertiary/aromatic N) is 5. The number of anilines is 1. The summed E-state index contributed by atoms with van der Waals surface area (Å²) in [5.41, 5.74) is 5.80. The van der Waals surface area contributed by atoms with Crippen molar-refractivity contribution in [2.75, 3.05) is 18.1 Å². The Bertz CT molecular complexity index is 1290. The quantitative estimate of drug-likeness (QED) is 0.134. The highest BCUT2D eigenvalue weighted by molar-refractivity contribution is 8.02. The third kappa shape index (κ3) is 5.22. The zero-order chi connectivity index (χ0) is 25.8. The van der Waals surface area contributed by atoms with Crippen LogP contribution in [0.25, 0.3) is 0 Å². The Kier molecular flexibility index (Phi) is 7.91. The van der Waals surface area contributed by atoms with Crippen LogP contribution in [-0.2, 0) is 26.3 Å². The van der Waals surface area contributed by atoms with Gasteiger partial charge in [0.05, 0.1) is 0 Å². The number of allylic oxidation sites excluding steroid dienone is 1. The van der Waals surface area contributed by atoms with Crippen LogP contribution in [0.4, 0.5) is 5.13 Å². The number of oxime groups is 1. The van der Waals surface area contributed by atoms with Gasteiger partial charge in [0.1, 0.15) is 30.8 Å². The zero-order valence-corrected chi connectivity index (χ0v) is 21.6. The first kappa shape index (κ1) is 25.7. The van der Waals surface area contributed by atoms with Crippen LogP contribution in [0.15, 0.2) is 57.3 Å². The fourth-order valence-electron chi connectivity index (χ4n) is 3.44. The van der Waals surface area contributed by atoms with Crippen molar-refractivity contribution in [2.45, 2.75) is 23.4 Å². The van der Waals surface area contributed by atoms with Crippen molar-refractivity contribution in [1.82, 2.24) is 19.6 Å². The standard InChI is InChI=1S/C21H21N7O5S3/c1-3-33-25-13(16-24-21(22)36-26-16)17(29)23-14-18(30)28-15(20(31)32)11(10-35-19(14)28)7-9-34-12-6-4-5-8-27(12)2/h4-9,14,19H,3,10H2,1-2H3,(H3-,22,23,24,26,29,31,32)/p+1/t14?,19-/m1/s1. The van der Waals surface area contributed by atoms with E-state index in [1.807, 2.05) is 36.0 Å². The van der Waals surface area contributed by atoms with Crippen LogP contribution in [0, 0.1) is 0 Å². The summed E-state index contributed by atoms with van der Waals surface area (Å²) in [7, 11) is 1.91. The maximum absolute atomic E-state index is 13.0. The Labute approximate surface area is 218 Å². The first-order chi connectivity index (χ1) is 17.3. The van der Waals surface area contributed by atoms with Gasteiger partial charge in [0, 0.05) is 29.4 Å². The number of aryl methyl sites for hydroxylation is 1. The number of pyridine rings is 1. The molecule has 2 aliphatic rings. The average molecular weight is 549 g/mol. The van der Waals surface area contributed by atoms with Gasteiger partial charge in [0.25, 0.3) is 11.8 Å². The Morgan fingerprint density at radius 1 is 1.47 bits per heavy atom. The molecule has 0 bridgehead atoms. The van der Waals surface area contributed by atoms with Crippen LogP contribution in [-0.4, -0.2) is 66.6 Å². The number of aromatic nitrogens is 3. The highest BCUT2D eigenvalue weighted by Crippen LogP contribution is 2.41. The van der Waals surface area contributed by atoms with Crippen molar-refractivity contribution in [1.29, 1.82) is 0 Å². The van der Waals surface area contributed by atoms with E-state index in [-0.39, 0.29) is 29.0 Å². The van der Waals surface area contributed by atoms with Crippen molar-refractivity contribution >= 4 is 63.7 Å². The van der Waals surface area contributed by atoms with Gasteiger partial charge >= 0.3 is 5.97 Å². The van der Waals surface area contributed by atoms with Crippen molar-refractivity contribution in [3.05, 3.63) is 53.0 Å². The molecule has 1 fully saturated rings. The summed E-state index contributed by atoms with van der Waals surface area (Å²) in [6, 6.07) is 4.83. The van der Waals surface area contributed by atoms with E-state index in [0.717, 1.165) is 16.6 Å². The molecule has 12 nitrogen and oxygen atoms in total. The van der Waals surface area contributed by atoms with Gasteiger partial charge in [0.2, 0.25) is 16.6 Å². The van der Waals surface area contributed by atoms with E-state index in [9.17, 15) is 19.5 Å².